The number of nitrogens with two attached hydrogens (primary N) is 1. The summed E-state index contributed by atoms with van der Waals surface area (Å²) in [5.41, 5.74) is 4.78. The van der Waals surface area contributed by atoms with Gasteiger partial charge in [-0.2, -0.15) is 0 Å². The summed E-state index contributed by atoms with van der Waals surface area (Å²) < 4.78 is 0. The molecule has 2 amide bonds. The number of carbonyl (C=O) groups excluding carboxylic acids is 2. The summed E-state index contributed by atoms with van der Waals surface area (Å²) in [5, 5.41) is 10.6. The van der Waals surface area contributed by atoms with Crippen LogP contribution in [-0.2, 0) is 9.59 Å². The molecule has 5 nitrogen and oxygen atoms in total. The number of hydrogen-bond donors (Lipinski definition) is 3. The number of carbonyl (C=O) groups is 2. The quantitative estimate of drug-likeness (QED) is 0.514. The van der Waals surface area contributed by atoms with Gasteiger partial charge in [0.2, 0.25) is 11.8 Å². The van der Waals surface area contributed by atoms with Crippen LogP contribution in [0, 0.1) is 0 Å². The third-order valence-corrected chi connectivity index (χ3v) is 0.904. The highest BCUT2D eigenvalue weighted by Crippen LogP contribution is 1.78. The summed E-state index contributed by atoms with van der Waals surface area (Å²) in [5.74, 6) is -1.13. The van der Waals surface area contributed by atoms with Crippen molar-refractivity contribution in [3.63, 3.8) is 0 Å². The number of aliphatic hydroxyl groups is 1. The molecule has 5 heteroatoms. The van der Waals surface area contributed by atoms with E-state index in [0.717, 1.165) is 0 Å². The van der Waals surface area contributed by atoms with Gasteiger partial charge in [-0.25, -0.2) is 0 Å². The van der Waals surface area contributed by atoms with Crippen molar-refractivity contribution in [1.82, 2.24) is 5.32 Å². The van der Waals surface area contributed by atoms with Gasteiger partial charge in [-0.3, -0.25) is 9.59 Å². The van der Waals surface area contributed by atoms with Crippen LogP contribution in [0.5, 0.6) is 0 Å². The Hall–Kier alpha value is -1.10. The monoisotopic (exact) mass is 176 g/mol. The van der Waals surface area contributed by atoms with Crippen LogP contribution in [0.25, 0.3) is 0 Å². The van der Waals surface area contributed by atoms with Gasteiger partial charge in [0, 0.05) is 6.92 Å². The summed E-state index contributed by atoms with van der Waals surface area (Å²) in [6.07, 6.45) is 0. The zero-order valence-electron chi connectivity index (χ0n) is 7.63. The molecule has 0 aromatic carbocycles. The minimum absolute atomic E-state index is 0.391. The van der Waals surface area contributed by atoms with E-state index in [1.54, 1.807) is 0 Å². The fraction of sp³-hybridized carbons (Fsp3) is 0.714. The SMILES string of the molecule is CC.CC(=O)NC(CO)C(N)=O. The van der Waals surface area contributed by atoms with E-state index >= 15 is 0 Å². The lowest BCUT2D eigenvalue weighted by atomic mass is 10.3. The molecule has 0 aliphatic heterocycles. The number of amides is 2. The van der Waals surface area contributed by atoms with E-state index in [1.807, 2.05) is 13.8 Å². The number of rotatable bonds is 3. The highest BCUT2D eigenvalue weighted by Gasteiger charge is 2.13. The molecule has 0 bridgehead atoms. The molecule has 0 aromatic rings. The maximum atomic E-state index is 10.3. The molecular formula is C7H16N2O3. The standard InChI is InChI=1S/C5H10N2O3.C2H6/c1-3(9)7-4(2-8)5(6)10;1-2/h4,8H,2H2,1H3,(H2,6,10)(H,7,9);1-2H3. The smallest absolute Gasteiger partial charge is 0.242 e. The zero-order valence-corrected chi connectivity index (χ0v) is 7.63. The van der Waals surface area contributed by atoms with Gasteiger partial charge in [0.1, 0.15) is 6.04 Å². The minimum atomic E-state index is -0.961. The Kier molecular flexibility index (Phi) is 8.99. The molecule has 0 heterocycles. The van der Waals surface area contributed by atoms with E-state index < -0.39 is 24.5 Å². The zero-order chi connectivity index (χ0) is 10.1. The molecule has 0 radical (unpaired) electrons. The summed E-state index contributed by atoms with van der Waals surface area (Å²) >= 11 is 0. The minimum Gasteiger partial charge on any atom is -0.394 e. The molecule has 0 fully saturated rings. The topological polar surface area (TPSA) is 92.4 Å². The lowest BCUT2D eigenvalue weighted by molar-refractivity contribution is -0.127. The fourth-order valence-corrected chi connectivity index (χ4v) is 0.452. The first-order valence-electron chi connectivity index (χ1n) is 3.75. The normalized spacial score (nSPS) is 10.7. The van der Waals surface area contributed by atoms with Crippen LogP contribution in [-0.4, -0.2) is 29.6 Å². The molecule has 0 saturated heterocycles. The predicted octanol–water partition coefficient (Wildman–Crippen LogP) is -1.01. The van der Waals surface area contributed by atoms with Gasteiger partial charge in [-0.15, -0.1) is 0 Å². The highest BCUT2D eigenvalue weighted by molar-refractivity contribution is 5.85. The van der Waals surface area contributed by atoms with Crippen LogP contribution < -0.4 is 11.1 Å². The Labute approximate surface area is 71.9 Å². The molecule has 0 aliphatic carbocycles. The molecule has 72 valence electrons. The maximum Gasteiger partial charge on any atom is 0.242 e. The van der Waals surface area contributed by atoms with E-state index in [9.17, 15) is 9.59 Å². The van der Waals surface area contributed by atoms with Crippen molar-refractivity contribution < 1.29 is 14.7 Å². The summed E-state index contributed by atoms with van der Waals surface area (Å²) in [6, 6.07) is -0.961. The second-order valence-electron chi connectivity index (χ2n) is 1.84. The van der Waals surface area contributed by atoms with Crippen molar-refractivity contribution in [2.45, 2.75) is 26.8 Å². The van der Waals surface area contributed by atoms with E-state index in [1.165, 1.54) is 6.92 Å². The average Bonchev–Trinajstić information content (AvgIpc) is 2.03. The first-order valence-corrected chi connectivity index (χ1v) is 3.75. The number of nitrogens with one attached hydrogen (secondary N) is 1. The third-order valence-electron chi connectivity index (χ3n) is 0.904. The molecule has 0 spiro atoms. The molecule has 0 rings (SSSR count). The predicted molar refractivity (Wildman–Crippen MR) is 45.2 cm³/mol. The number of hydrogen-bond acceptors (Lipinski definition) is 3. The van der Waals surface area contributed by atoms with Crippen LogP contribution in [0.3, 0.4) is 0 Å². The molecule has 1 unspecified atom stereocenters. The molecular weight excluding hydrogens is 160 g/mol. The first-order chi connectivity index (χ1) is 5.57. The molecule has 1 atom stereocenters. The Morgan fingerprint density at radius 3 is 2.00 bits per heavy atom. The summed E-state index contributed by atoms with van der Waals surface area (Å²) in [7, 11) is 0. The van der Waals surface area contributed by atoms with Crippen LogP contribution in [0.1, 0.15) is 20.8 Å². The number of aliphatic hydroxyl groups excluding tert-OH is 1. The first kappa shape index (κ1) is 13.5. The summed E-state index contributed by atoms with van der Waals surface area (Å²) in [4.78, 5) is 20.6. The van der Waals surface area contributed by atoms with Gasteiger partial charge in [0.25, 0.3) is 0 Å². The van der Waals surface area contributed by atoms with Crippen molar-refractivity contribution >= 4 is 11.8 Å². The largest absolute Gasteiger partial charge is 0.394 e. The van der Waals surface area contributed by atoms with Crippen molar-refractivity contribution in [1.29, 1.82) is 0 Å². The van der Waals surface area contributed by atoms with Gasteiger partial charge >= 0.3 is 0 Å². The van der Waals surface area contributed by atoms with Crippen LogP contribution >= 0.6 is 0 Å². The Morgan fingerprint density at radius 1 is 1.50 bits per heavy atom. The van der Waals surface area contributed by atoms with Gasteiger partial charge < -0.3 is 16.2 Å². The maximum absolute atomic E-state index is 10.3. The molecule has 0 aromatic heterocycles. The fourth-order valence-electron chi connectivity index (χ4n) is 0.452. The van der Waals surface area contributed by atoms with Crippen LogP contribution in [0.2, 0.25) is 0 Å². The van der Waals surface area contributed by atoms with Gasteiger partial charge in [-0.05, 0) is 0 Å². The van der Waals surface area contributed by atoms with Crippen molar-refractivity contribution in [2.24, 2.45) is 5.73 Å². The third kappa shape index (κ3) is 7.01. The molecule has 4 N–H and O–H groups in total. The Morgan fingerprint density at radius 2 is 1.92 bits per heavy atom. The van der Waals surface area contributed by atoms with Crippen molar-refractivity contribution in [2.75, 3.05) is 6.61 Å². The molecule has 0 aliphatic rings. The van der Waals surface area contributed by atoms with E-state index in [-0.39, 0.29) is 0 Å². The highest BCUT2D eigenvalue weighted by atomic mass is 16.3. The second-order valence-corrected chi connectivity index (χ2v) is 1.84. The average molecular weight is 176 g/mol. The van der Waals surface area contributed by atoms with E-state index in [2.05, 4.69) is 5.32 Å². The van der Waals surface area contributed by atoms with Crippen LogP contribution in [0.15, 0.2) is 0 Å². The lowest BCUT2D eigenvalue weighted by Gasteiger charge is -2.09. The van der Waals surface area contributed by atoms with Gasteiger partial charge in [0.15, 0.2) is 0 Å². The summed E-state index contributed by atoms with van der Waals surface area (Å²) in [6.45, 7) is 4.78. The Balaban J connectivity index is 0. The molecule has 12 heavy (non-hydrogen) atoms. The second kappa shape index (κ2) is 8.00. The molecule has 0 saturated carbocycles. The van der Waals surface area contributed by atoms with Gasteiger partial charge in [0.05, 0.1) is 6.61 Å². The van der Waals surface area contributed by atoms with Crippen molar-refractivity contribution in [3.05, 3.63) is 0 Å². The lowest BCUT2D eigenvalue weighted by Crippen LogP contribution is -2.45. The number of primary amides is 1. The van der Waals surface area contributed by atoms with E-state index in [4.69, 9.17) is 10.8 Å². The Bertz CT molecular complexity index is 148. The van der Waals surface area contributed by atoms with Gasteiger partial charge in [-0.1, -0.05) is 13.8 Å². The van der Waals surface area contributed by atoms with Crippen molar-refractivity contribution in [3.8, 4) is 0 Å². The van der Waals surface area contributed by atoms with E-state index in [0.29, 0.717) is 0 Å². The van der Waals surface area contributed by atoms with Crippen LogP contribution in [0.4, 0.5) is 0 Å².